The molecule has 0 bridgehead atoms. The van der Waals surface area contributed by atoms with Crippen molar-refractivity contribution in [2.24, 2.45) is 0 Å². The van der Waals surface area contributed by atoms with Crippen molar-refractivity contribution in [2.45, 2.75) is 26.2 Å². The van der Waals surface area contributed by atoms with Crippen LogP contribution in [0.5, 0.6) is 0 Å². The normalized spacial score (nSPS) is 9.31. The third-order valence-corrected chi connectivity index (χ3v) is 1.42. The number of hydrogen-bond donors (Lipinski definition) is 2. The Hall–Kier alpha value is -1.39. The van der Waals surface area contributed by atoms with E-state index < -0.39 is 5.97 Å². The summed E-state index contributed by atoms with van der Waals surface area (Å²) in [6.45, 7) is 1.61. The van der Waals surface area contributed by atoms with Gasteiger partial charge in [-0.1, -0.05) is 6.92 Å². The summed E-state index contributed by atoms with van der Waals surface area (Å²) in [4.78, 5) is 31.6. The Morgan fingerprint density at radius 1 is 1.23 bits per heavy atom. The molecule has 13 heavy (non-hydrogen) atoms. The summed E-state index contributed by atoms with van der Waals surface area (Å²) in [7, 11) is 0. The molecule has 5 nitrogen and oxygen atoms in total. The molecule has 0 atom stereocenters. The minimum absolute atomic E-state index is 0.0284. The molecular weight excluding hydrogens is 174 g/mol. The number of carboxylic acid groups (broad SMARTS) is 1. The third kappa shape index (κ3) is 6.99. The predicted molar refractivity (Wildman–Crippen MR) is 45.2 cm³/mol. The van der Waals surface area contributed by atoms with Gasteiger partial charge in [0.2, 0.25) is 5.91 Å². The third-order valence-electron chi connectivity index (χ3n) is 1.42. The zero-order valence-corrected chi connectivity index (χ0v) is 7.50. The maximum atomic E-state index is 10.9. The molecule has 0 fully saturated rings. The van der Waals surface area contributed by atoms with Crippen LogP contribution in [0, 0.1) is 0 Å². The first-order chi connectivity index (χ1) is 6.06. The van der Waals surface area contributed by atoms with Crippen molar-refractivity contribution in [3.63, 3.8) is 0 Å². The average molecular weight is 187 g/mol. The molecule has 0 radical (unpaired) electrons. The Kier molecular flexibility index (Phi) is 5.50. The van der Waals surface area contributed by atoms with E-state index in [1.807, 2.05) is 0 Å². The Labute approximate surface area is 76.1 Å². The molecule has 0 heterocycles. The summed E-state index contributed by atoms with van der Waals surface area (Å²) in [6, 6.07) is 0. The Balaban J connectivity index is 3.52. The van der Waals surface area contributed by atoms with Crippen LogP contribution in [0.15, 0.2) is 0 Å². The molecule has 0 rings (SSSR count). The smallest absolute Gasteiger partial charge is 0.303 e. The van der Waals surface area contributed by atoms with E-state index in [2.05, 4.69) is 5.32 Å². The van der Waals surface area contributed by atoms with E-state index in [-0.39, 0.29) is 31.1 Å². The van der Waals surface area contributed by atoms with Gasteiger partial charge in [0, 0.05) is 12.8 Å². The number of nitrogens with one attached hydrogen (secondary N) is 1. The number of Topliss-reactive ketones (excluding diaryl/α,β-unsaturated/α-hetero) is 1. The number of carboxylic acids is 1. The highest BCUT2D eigenvalue weighted by atomic mass is 16.4. The van der Waals surface area contributed by atoms with Gasteiger partial charge in [0.15, 0.2) is 5.78 Å². The molecule has 0 aliphatic heterocycles. The lowest BCUT2D eigenvalue weighted by Crippen LogP contribution is -2.28. The topological polar surface area (TPSA) is 83.5 Å². The number of aliphatic carboxylic acids is 1. The van der Waals surface area contributed by atoms with Crippen molar-refractivity contribution in [3.8, 4) is 0 Å². The second-order valence-electron chi connectivity index (χ2n) is 2.56. The van der Waals surface area contributed by atoms with Gasteiger partial charge in [0.1, 0.15) is 0 Å². The maximum absolute atomic E-state index is 10.9. The quantitative estimate of drug-likeness (QED) is 0.610. The molecule has 0 spiro atoms. The van der Waals surface area contributed by atoms with Crippen molar-refractivity contribution in [3.05, 3.63) is 0 Å². The lowest BCUT2D eigenvalue weighted by Gasteiger charge is -2.00. The van der Waals surface area contributed by atoms with Crippen LogP contribution < -0.4 is 5.32 Å². The van der Waals surface area contributed by atoms with Crippen LogP contribution in [0.4, 0.5) is 0 Å². The van der Waals surface area contributed by atoms with Crippen molar-refractivity contribution in [2.75, 3.05) is 6.54 Å². The van der Waals surface area contributed by atoms with Gasteiger partial charge in [-0.3, -0.25) is 14.4 Å². The summed E-state index contributed by atoms with van der Waals surface area (Å²) in [5, 5.41) is 10.6. The molecule has 74 valence electrons. The summed E-state index contributed by atoms with van der Waals surface area (Å²) in [6.07, 6.45) is 0.117. The average Bonchev–Trinajstić information content (AvgIpc) is 2.10. The Morgan fingerprint density at radius 2 is 1.85 bits per heavy atom. The van der Waals surface area contributed by atoms with Gasteiger partial charge in [0.05, 0.1) is 13.0 Å². The van der Waals surface area contributed by atoms with E-state index in [1.54, 1.807) is 6.92 Å². The molecule has 0 unspecified atom stereocenters. The molecule has 2 N–H and O–H groups in total. The Morgan fingerprint density at radius 3 is 2.31 bits per heavy atom. The van der Waals surface area contributed by atoms with Crippen LogP contribution in [-0.4, -0.2) is 29.3 Å². The molecule has 5 heteroatoms. The molecule has 0 aliphatic carbocycles. The summed E-state index contributed by atoms with van der Waals surface area (Å²) >= 11 is 0. The molecule has 0 aromatic heterocycles. The second-order valence-corrected chi connectivity index (χ2v) is 2.56. The van der Waals surface area contributed by atoms with Crippen molar-refractivity contribution in [1.29, 1.82) is 0 Å². The van der Waals surface area contributed by atoms with Crippen LogP contribution in [0.1, 0.15) is 26.2 Å². The molecule has 1 amide bonds. The van der Waals surface area contributed by atoms with E-state index in [1.165, 1.54) is 0 Å². The predicted octanol–water partition coefficient (Wildman–Crippen LogP) is -0.0535. The van der Waals surface area contributed by atoms with Crippen molar-refractivity contribution < 1.29 is 19.5 Å². The van der Waals surface area contributed by atoms with E-state index in [0.29, 0.717) is 6.42 Å². The number of rotatable bonds is 6. The number of ketones is 1. The first-order valence-electron chi connectivity index (χ1n) is 4.06. The maximum Gasteiger partial charge on any atom is 0.303 e. The number of carbonyl (C=O) groups is 3. The number of hydrogen-bond acceptors (Lipinski definition) is 3. The van der Waals surface area contributed by atoms with Gasteiger partial charge >= 0.3 is 5.97 Å². The molecule has 0 aliphatic rings. The first-order valence-corrected chi connectivity index (χ1v) is 4.06. The highest BCUT2D eigenvalue weighted by Crippen LogP contribution is 1.89. The van der Waals surface area contributed by atoms with Crippen LogP contribution >= 0.6 is 0 Å². The van der Waals surface area contributed by atoms with Crippen molar-refractivity contribution in [1.82, 2.24) is 5.32 Å². The SMILES string of the molecule is CCC(=O)NCC(=O)CCC(=O)O. The van der Waals surface area contributed by atoms with Gasteiger partial charge in [-0.25, -0.2) is 0 Å². The highest BCUT2D eigenvalue weighted by Gasteiger charge is 2.06. The van der Waals surface area contributed by atoms with Crippen LogP contribution in [0.25, 0.3) is 0 Å². The zero-order chi connectivity index (χ0) is 10.3. The standard InChI is InChI=1S/C8H13NO4/c1-2-7(11)9-5-6(10)3-4-8(12)13/h2-5H2,1H3,(H,9,11)(H,12,13). The van der Waals surface area contributed by atoms with E-state index in [4.69, 9.17) is 5.11 Å². The summed E-state index contributed by atoms with van der Waals surface area (Å²) in [5.74, 6) is -1.47. The van der Waals surface area contributed by atoms with Gasteiger partial charge in [-0.15, -0.1) is 0 Å². The molecule has 0 saturated carbocycles. The van der Waals surface area contributed by atoms with Crippen molar-refractivity contribution >= 4 is 17.7 Å². The zero-order valence-electron chi connectivity index (χ0n) is 7.50. The fraction of sp³-hybridized carbons (Fsp3) is 0.625. The summed E-state index contributed by atoms with van der Waals surface area (Å²) in [5.41, 5.74) is 0. The van der Waals surface area contributed by atoms with Gasteiger partial charge in [0.25, 0.3) is 0 Å². The molecule has 0 aromatic carbocycles. The van der Waals surface area contributed by atoms with Crippen LogP contribution in [0.2, 0.25) is 0 Å². The second kappa shape index (κ2) is 6.16. The molecule has 0 aromatic rings. The minimum atomic E-state index is -1.00. The minimum Gasteiger partial charge on any atom is -0.481 e. The monoisotopic (exact) mass is 187 g/mol. The lowest BCUT2D eigenvalue weighted by molar-refractivity contribution is -0.138. The van der Waals surface area contributed by atoms with Crippen LogP contribution in [-0.2, 0) is 14.4 Å². The first kappa shape index (κ1) is 11.6. The Bertz CT molecular complexity index is 212. The lowest BCUT2D eigenvalue weighted by atomic mass is 10.2. The summed E-state index contributed by atoms with van der Waals surface area (Å²) < 4.78 is 0. The number of carbonyl (C=O) groups excluding carboxylic acids is 2. The van der Waals surface area contributed by atoms with E-state index in [0.717, 1.165) is 0 Å². The fourth-order valence-electron chi connectivity index (χ4n) is 0.657. The van der Waals surface area contributed by atoms with E-state index in [9.17, 15) is 14.4 Å². The molecule has 0 saturated heterocycles. The van der Waals surface area contributed by atoms with Crippen LogP contribution in [0.3, 0.4) is 0 Å². The largest absolute Gasteiger partial charge is 0.481 e. The van der Waals surface area contributed by atoms with Gasteiger partial charge in [-0.2, -0.15) is 0 Å². The molecular formula is C8H13NO4. The van der Waals surface area contributed by atoms with Gasteiger partial charge in [-0.05, 0) is 0 Å². The van der Waals surface area contributed by atoms with E-state index >= 15 is 0 Å². The highest BCUT2D eigenvalue weighted by molar-refractivity contribution is 5.87. The number of amides is 1. The fourth-order valence-corrected chi connectivity index (χ4v) is 0.657. The van der Waals surface area contributed by atoms with Gasteiger partial charge < -0.3 is 10.4 Å².